The van der Waals surface area contributed by atoms with E-state index in [1.165, 1.54) is 50.4 Å². The molecule has 5 aromatic rings. The van der Waals surface area contributed by atoms with Crippen molar-refractivity contribution in [2.24, 2.45) is 0 Å². The first-order valence-electron chi connectivity index (χ1n) is 10.7. The van der Waals surface area contributed by atoms with E-state index in [4.69, 9.17) is 5.41 Å². The zero-order valence-corrected chi connectivity index (χ0v) is 17.1. The molecule has 0 aromatic heterocycles. The topological polar surface area (TPSA) is 23.9 Å². The van der Waals surface area contributed by atoms with Crippen LogP contribution in [0.4, 0.5) is 0 Å². The second kappa shape index (κ2) is 7.07. The number of hydrogen-bond donors (Lipinski definition) is 1. The van der Waals surface area contributed by atoms with E-state index in [0.29, 0.717) is 0 Å². The normalized spacial score (nSPS) is 11.9. The first-order valence-corrected chi connectivity index (χ1v) is 10.7. The molecule has 1 aliphatic rings. The Bertz CT molecular complexity index is 1480. The van der Waals surface area contributed by atoms with Gasteiger partial charge in [0, 0.05) is 11.8 Å². The third-order valence-electron chi connectivity index (χ3n) is 6.43. The van der Waals surface area contributed by atoms with Crippen LogP contribution in [0, 0.1) is 5.41 Å². The number of rotatable bonds is 3. The van der Waals surface area contributed by atoms with Crippen molar-refractivity contribution < 1.29 is 0 Å². The summed E-state index contributed by atoms with van der Waals surface area (Å²) in [5.41, 5.74) is 11.3. The van der Waals surface area contributed by atoms with Gasteiger partial charge in [-0.2, -0.15) is 0 Å². The molecule has 5 aromatic carbocycles. The van der Waals surface area contributed by atoms with Gasteiger partial charge in [0.05, 0.1) is 0 Å². The molecule has 1 N–H and O–H groups in total. The minimum absolute atomic E-state index is 0.946. The fourth-order valence-corrected chi connectivity index (χ4v) is 5.00. The van der Waals surface area contributed by atoms with Crippen molar-refractivity contribution in [2.45, 2.75) is 6.42 Å². The highest BCUT2D eigenvalue weighted by molar-refractivity contribution is 6.05. The first kappa shape index (κ1) is 17.9. The maximum Gasteiger partial charge on any atom is 0.0256 e. The lowest BCUT2D eigenvalue weighted by molar-refractivity contribution is 1.26. The van der Waals surface area contributed by atoms with E-state index in [-0.39, 0.29) is 0 Å². The van der Waals surface area contributed by atoms with Crippen molar-refractivity contribution in [3.05, 3.63) is 120 Å². The van der Waals surface area contributed by atoms with Crippen LogP contribution in [0.1, 0.15) is 16.7 Å². The molecule has 0 aliphatic heterocycles. The van der Waals surface area contributed by atoms with Gasteiger partial charge in [0.1, 0.15) is 0 Å². The third kappa shape index (κ3) is 2.82. The molecule has 0 fully saturated rings. The van der Waals surface area contributed by atoms with Gasteiger partial charge in [0.2, 0.25) is 0 Å². The lowest BCUT2D eigenvalue weighted by atomic mass is 9.90. The summed E-state index contributed by atoms with van der Waals surface area (Å²) in [6.45, 7) is 0. The summed E-state index contributed by atoms with van der Waals surface area (Å²) in [6, 6.07) is 36.8. The minimum atomic E-state index is 0.946. The molecule has 0 spiro atoms. The highest BCUT2D eigenvalue weighted by atomic mass is 14.3. The summed E-state index contributed by atoms with van der Waals surface area (Å²) < 4.78 is 0. The lowest BCUT2D eigenvalue weighted by Crippen LogP contribution is -1.92. The minimum Gasteiger partial charge on any atom is -0.308 e. The summed E-state index contributed by atoms with van der Waals surface area (Å²) in [5, 5.41) is 10.4. The van der Waals surface area contributed by atoms with Gasteiger partial charge in [-0.3, -0.25) is 0 Å². The van der Waals surface area contributed by atoms with Gasteiger partial charge in [0.25, 0.3) is 0 Å². The molecular formula is C30H21N. The molecule has 0 atom stereocenters. The standard InChI is InChI=1S/C30H21N/c31-19-24-16-15-20-7-1-4-12-27(20)30(24)23-10-5-9-21(17-23)26-13-6-14-28-25-11-3-2-8-22(25)18-29(26)28/h1-17,19,31H,18H2. The second-order valence-electron chi connectivity index (χ2n) is 8.14. The van der Waals surface area contributed by atoms with Crippen molar-refractivity contribution in [2.75, 3.05) is 0 Å². The van der Waals surface area contributed by atoms with Gasteiger partial charge in [-0.25, -0.2) is 0 Å². The third-order valence-corrected chi connectivity index (χ3v) is 6.43. The van der Waals surface area contributed by atoms with Crippen LogP contribution < -0.4 is 0 Å². The van der Waals surface area contributed by atoms with Crippen LogP contribution in [0.15, 0.2) is 103 Å². The van der Waals surface area contributed by atoms with Gasteiger partial charge < -0.3 is 5.41 Å². The van der Waals surface area contributed by atoms with Crippen LogP contribution in [0.25, 0.3) is 44.2 Å². The van der Waals surface area contributed by atoms with Gasteiger partial charge in [-0.05, 0) is 67.8 Å². The van der Waals surface area contributed by atoms with E-state index in [0.717, 1.165) is 23.1 Å². The Balaban J connectivity index is 1.55. The Labute approximate surface area is 182 Å². The van der Waals surface area contributed by atoms with Gasteiger partial charge in [-0.1, -0.05) is 97.1 Å². The molecular weight excluding hydrogens is 374 g/mol. The van der Waals surface area contributed by atoms with Crippen LogP contribution in [-0.2, 0) is 6.42 Å². The lowest BCUT2D eigenvalue weighted by Gasteiger charge is -2.14. The van der Waals surface area contributed by atoms with E-state index in [2.05, 4.69) is 97.1 Å². The molecule has 1 nitrogen and oxygen atoms in total. The van der Waals surface area contributed by atoms with Crippen molar-refractivity contribution in [3.8, 4) is 33.4 Å². The Morgan fingerprint density at radius 2 is 1.35 bits per heavy atom. The molecule has 31 heavy (non-hydrogen) atoms. The molecule has 146 valence electrons. The number of benzene rings is 5. The Morgan fingerprint density at radius 1 is 0.613 bits per heavy atom. The van der Waals surface area contributed by atoms with Crippen LogP contribution in [0.3, 0.4) is 0 Å². The fraction of sp³-hybridized carbons (Fsp3) is 0.0333. The highest BCUT2D eigenvalue weighted by Gasteiger charge is 2.21. The van der Waals surface area contributed by atoms with E-state index in [9.17, 15) is 0 Å². The zero-order chi connectivity index (χ0) is 20.8. The van der Waals surface area contributed by atoms with Crippen LogP contribution in [-0.4, -0.2) is 6.21 Å². The predicted octanol–water partition coefficient (Wildman–Crippen LogP) is 7.74. The van der Waals surface area contributed by atoms with Crippen molar-refractivity contribution >= 4 is 17.0 Å². The smallest absolute Gasteiger partial charge is 0.0256 e. The molecule has 0 heterocycles. The molecule has 0 unspecified atom stereocenters. The quantitative estimate of drug-likeness (QED) is 0.296. The molecule has 0 radical (unpaired) electrons. The van der Waals surface area contributed by atoms with Crippen molar-refractivity contribution in [1.82, 2.24) is 0 Å². The monoisotopic (exact) mass is 395 g/mol. The molecule has 6 rings (SSSR count). The number of hydrogen-bond acceptors (Lipinski definition) is 1. The zero-order valence-electron chi connectivity index (χ0n) is 17.1. The maximum absolute atomic E-state index is 7.98. The van der Waals surface area contributed by atoms with E-state index in [1.807, 2.05) is 6.07 Å². The van der Waals surface area contributed by atoms with E-state index >= 15 is 0 Å². The van der Waals surface area contributed by atoms with Crippen LogP contribution in [0.5, 0.6) is 0 Å². The van der Waals surface area contributed by atoms with E-state index < -0.39 is 0 Å². The van der Waals surface area contributed by atoms with Gasteiger partial charge in [0.15, 0.2) is 0 Å². The Hall–Kier alpha value is -3.97. The van der Waals surface area contributed by atoms with Crippen molar-refractivity contribution in [1.29, 1.82) is 5.41 Å². The number of nitrogens with one attached hydrogen (secondary N) is 1. The molecule has 0 saturated heterocycles. The first-order chi connectivity index (χ1) is 15.3. The van der Waals surface area contributed by atoms with E-state index in [1.54, 1.807) is 0 Å². The fourth-order valence-electron chi connectivity index (χ4n) is 5.00. The molecule has 0 bridgehead atoms. The summed E-state index contributed by atoms with van der Waals surface area (Å²) >= 11 is 0. The predicted molar refractivity (Wildman–Crippen MR) is 131 cm³/mol. The largest absolute Gasteiger partial charge is 0.308 e. The summed E-state index contributed by atoms with van der Waals surface area (Å²) in [7, 11) is 0. The van der Waals surface area contributed by atoms with Crippen LogP contribution >= 0.6 is 0 Å². The average Bonchev–Trinajstić information content (AvgIpc) is 3.22. The average molecular weight is 396 g/mol. The summed E-state index contributed by atoms with van der Waals surface area (Å²) in [5.74, 6) is 0. The van der Waals surface area contributed by atoms with Crippen LogP contribution in [0.2, 0.25) is 0 Å². The van der Waals surface area contributed by atoms with Gasteiger partial charge >= 0.3 is 0 Å². The summed E-state index contributed by atoms with van der Waals surface area (Å²) in [4.78, 5) is 0. The molecule has 0 amide bonds. The van der Waals surface area contributed by atoms with Gasteiger partial charge in [-0.15, -0.1) is 0 Å². The van der Waals surface area contributed by atoms with Crippen molar-refractivity contribution in [3.63, 3.8) is 0 Å². The molecule has 0 saturated carbocycles. The Kier molecular flexibility index (Phi) is 4.07. The second-order valence-corrected chi connectivity index (χ2v) is 8.14. The summed E-state index contributed by atoms with van der Waals surface area (Å²) in [6.07, 6.45) is 2.44. The number of fused-ring (bicyclic) bond motifs is 4. The maximum atomic E-state index is 7.98. The SMILES string of the molecule is N=Cc1ccc2ccccc2c1-c1cccc(-c2cccc3c2Cc2ccccc2-3)c1. The molecule has 1 aliphatic carbocycles. The highest BCUT2D eigenvalue weighted by Crippen LogP contribution is 2.42. The molecule has 1 heteroatoms. The Morgan fingerprint density at radius 3 is 2.29 bits per heavy atom.